The molecule has 1 aromatic heterocycles. The molecule has 0 fully saturated rings. The molecule has 0 saturated carbocycles. The Morgan fingerprint density at radius 1 is 1.37 bits per heavy atom. The van der Waals surface area contributed by atoms with Crippen molar-refractivity contribution in [1.82, 2.24) is 14.3 Å². The number of rotatable bonds is 6. The summed E-state index contributed by atoms with van der Waals surface area (Å²) in [5, 5.41) is 9.88. The van der Waals surface area contributed by atoms with E-state index in [2.05, 4.69) is 9.71 Å². The first-order chi connectivity index (χ1) is 8.82. The van der Waals surface area contributed by atoms with Crippen molar-refractivity contribution < 1.29 is 13.5 Å². The molecular formula is C10H17N3O5S. The molecule has 0 saturated heterocycles. The Kier molecular flexibility index (Phi) is 4.90. The zero-order valence-corrected chi connectivity index (χ0v) is 11.6. The molecule has 0 aliphatic rings. The Morgan fingerprint density at radius 2 is 2.00 bits per heavy atom. The topological polar surface area (TPSA) is 121 Å². The van der Waals surface area contributed by atoms with Crippen molar-refractivity contribution in [3.63, 3.8) is 0 Å². The summed E-state index contributed by atoms with van der Waals surface area (Å²) in [7, 11) is -2.24. The van der Waals surface area contributed by atoms with Crippen LogP contribution in [0.15, 0.2) is 9.59 Å². The molecule has 0 radical (unpaired) electrons. The summed E-state index contributed by atoms with van der Waals surface area (Å²) in [5.41, 5.74) is -1.38. The lowest BCUT2D eigenvalue weighted by molar-refractivity contribution is 0.397. The molecular weight excluding hydrogens is 274 g/mol. The van der Waals surface area contributed by atoms with Gasteiger partial charge in [-0.05, 0) is 13.5 Å². The fraction of sp³-hybridized carbons (Fsp3) is 0.600. The number of aromatic nitrogens is 2. The highest BCUT2D eigenvalue weighted by molar-refractivity contribution is 7.89. The molecule has 1 rings (SSSR count). The lowest BCUT2D eigenvalue weighted by Gasteiger charge is -2.10. The molecule has 9 heteroatoms. The van der Waals surface area contributed by atoms with E-state index in [1.54, 1.807) is 0 Å². The van der Waals surface area contributed by atoms with Crippen molar-refractivity contribution in [2.45, 2.75) is 26.3 Å². The number of sulfonamides is 1. The van der Waals surface area contributed by atoms with Crippen LogP contribution >= 0.6 is 0 Å². The van der Waals surface area contributed by atoms with Crippen LogP contribution in [0.3, 0.4) is 0 Å². The number of aromatic amines is 1. The maximum atomic E-state index is 11.6. The molecule has 108 valence electrons. The molecule has 0 unspecified atom stereocenters. The van der Waals surface area contributed by atoms with E-state index in [0.717, 1.165) is 4.57 Å². The van der Waals surface area contributed by atoms with E-state index in [1.165, 1.54) is 7.05 Å². The van der Waals surface area contributed by atoms with Crippen LogP contribution in [0.25, 0.3) is 0 Å². The SMILES string of the molecule is CCCc1c(O)n(CCS(=O)(=O)NC)c(=O)[nH]c1=O. The van der Waals surface area contributed by atoms with Crippen LogP contribution in [0.5, 0.6) is 5.88 Å². The molecule has 0 amide bonds. The first kappa shape index (κ1) is 15.4. The zero-order valence-electron chi connectivity index (χ0n) is 10.8. The van der Waals surface area contributed by atoms with Crippen LogP contribution in [0.2, 0.25) is 0 Å². The van der Waals surface area contributed by atoms with Crippen molar-refractivity contribution in [2.75, 3.05) is 12.8 Å². The third-order valence-electron chi connectivity index (χ3n) is 2.66. The molecule has 0 aliphatic carbocycles. The van der Waals surface area contributed by atoms with Crippen LogP contribution < -0.4 is 16.0 Å². The van der Waals surface area contributed by atoms with Crippen molar-refractivity contribution in [3.8, 4) is 5.88 Å². The minimum atomic E-state index is -3.50. The fourth-order valence-corrected chi connectivity index (χ4v) is 2.22. The summed E-state index contributed by atoms with van der Waals surface area (Å²) in [6.45, 7) is 1.58. The molecule has 0 aromatic carbocycles. The van der Waals surface area contributed by atoms with Gasteiger partial charge >= 0.3 is 5.69 Å². The van der Waals surface area contributed by atoms with E-state index in [9.17, 15) is 23.1 Å². The number of nitrogens with zero attached hydrogens (tertiary/aromatic N) is 1. The van der Waals surface area contributed by atoms with Crippen LogP contribution in [0.4, 0.5) is 0 Å². The largest absolute Gasteiger partial charge is 0.494 e. The second kappa shape index (κ2) is 6.02. The minimum Gasteiger partial charge on any atom is -0.494 e. The Morgan fingerprint density at radius 3 is 2.53 bits per heavy atom. The highest BCUT2D eigenvalue weighted by Crippen LogP contribution is 2.11. The van der Waals surface area contributed by atoms with Crippen molar-refractivity contribution in [3.05, 3.63) is 26.4 Å². The molecule has 8 nitrogen and oxygen atoms in total. The first-order valence-corrected chi connectivity index (χ1v) is 7.43. The van der Waals surface area contributed by atoms with Crippen LogP contribution in [0, 0.1) is 0 Å². The summed E-state index contributed by atoms with van der Waals surface area (Å²) in [6.07, 6.45) is 0.921. The maximum Gasteiger partial charge on any atom is 0.331 e. The van der Waals surface area contributed by atoms with Gasteiger partial charge in [-0.25, -0.2) is 17.9 Å². The highest BCUT2D eigenvalue weighted by atomic mass is 32.2. The molecule has 0 spiro atoms. The van der Waals surface area contributed by atoms with Gasteiger partial charge in [-0.3, -0.25) is 14.3 Å². The Bertz CT molecular complexity index is 659. The predicted molar refractivity (Wildman–Crippen MR) is 69.8 cm³/mol. The predicted octanol–water partition coefficient (Wildman–Crippen LogP) is -1.26. The second-order valence-electron chi connectivity index (χ2n) is 3.99. The molecule has 0 bridgehead atoms. The van der Waals surface area contributed by atoms with E-state index >= 15 is 0 Å². The lowest BCUT2D eigenvalue weighted by atomic mass is 10.2. The average Bonchev–Trinajstić information content (AvgIpc) is 2.34. The van der Waals surface area contributed by atoms with Crippen molar-refractivity contribution in [2.24, 2.45) is 0 Å². The molecule has 3 N–H and O–H groups in total. The number of nitrogens with one attached hydrogen (secondary N) is 2. The van der Waals surface area contributed by atoms with Crippen LogP contribution in [-0.4, -0.2) is 35.9 Å². The summed E-state index contributed by atoms with van der Waals surface area (Å²) in [6, 6.07) is 0. The lowest BCUT2D eigenvalue weighted by Crippen LogP contribution is -2.35. The van der Waals surface area contributed by atoms with E-state index < -0.39 is 27.2 Å². The van der Waals surface area contributed by atoms with Gasteiger partial charge in [0.2, 0.25) is 15.9 Å². The van der Waals surface area contributed by atoms with Gasteiger partial charge in [0.15, 0.2) is 0 Å². The average molecular weight is 291 g/mol. The normalized spacial score (nSPS) is 11.7. The number of H-pyrrole nitrogens is 1. The molecule has 0 aliphatic heterocycles. The summed E-state index contributed by atoms with van der Waals surface area (Å²) < 4.78 is 25.5. The standard InChI is InChI=1S/C10H17N3O5S/c1-3-4-7-8(14)12-10(16)13(9(7)15)5-6-19(17,18)11-2/h11,15H,3-6H2,1-2H3,(H,12,14,16). The van der Waals surface area contributed by atoms with Gasteiger partial charge in [0.25, 0.3) is 5.56 Å². The smallest absolute Gasteiger partial charge is 0.331 e. The quantitative estimate of drug-likeness (QED) is 0.604. The maximum absolute atomic E-state index is 11.6. The molecule has 0 atom stereocenters. The summed E-state index contributed by atoms with van der Waals surface area (Å²) >= 11 is 0. The zero-order chi connectivity index (χ0) is 14.6. The molecule has 19 heavy (non-hydrogen) atoms. The van der Waals surface area contributed by atoms with Gasteiger partial charge in [0, 0.05) is 6.54 Å². The third-order valence-corrected chi connectivity index (χ3v) is 4.00. The van der Waals surface area contributed by atoms with E-state index in [4.69, 9.17) is 0 Å². The van der Waals surface area contributed by atoms with Crippen LogP contribution in [-0.2, 0) is 23.0 Å². The summed E-state index contributed by atoms with van der Waals surface area (Å²) in [4.78, 5) is 25.1. The fourth-order valence-electron chi connectivity index (χ4n) is 1.60. The van der Waals surface area contributed by atoms with E-state index in [-0.39, 0.29) is 17.9 Å². The van der Waals surface area contributed by atoms with Gasteiger partial charge in [-0.1, -0.05) is 13.3 Å². The van der Waals surface area contributed by atoms with Gasteiger partial charge in [0.05, 0.1) is 11.3 Å². The number of hydrogen-bond donors (Lipinski definition) is 3. The van der Waals surface area contributed by atoms with E-state index in [1.807, 2.05) is 6.92 Å². The highest BCUT2D eigenvalue weighted by Gasteiger charge is 2.15. The van der Waals surface area contributed by atoms with Gasteiger partial charge < -0.3 is 5.11 Å². The molecule has 1 aromatic rings. The van der Waals surface area contributed by atoms with Gasteiger partial charge in [-0.2, -0.15) is 0 Å². The second-order valence-corrected chi connectivity index (χ2v) is 6.03. The Labute approximate surface area is 110 Å². The Balaban J connectivity index is 3.18. The number of aromatic hydroxyl groups is 1. The Hall–Kier alpha value is -1.61. The van der Waals surface area contributed by atoms with E-state index in [0.29, 0.717) is 12.8 Å². The number of hydrogen-bond acceptors (Lipinski definition) is 5. The minimum absolute atomic E-state index is 0.0870. The van der Waals surface area contributed by atoms with Crippen molar-refractivity contribution in [1.29, 1.82) is 0 Å². The monoisotopic (exact) mass is 291 g/mol. The summed E-state index contributed by atoms with van der Waals surface area (Å²) in [5.74, 6) is -0.837. The first-order valence-electron chi connectivity index (χ1n) is 5.78. The van der Waals surface area contributed by atoms with Gasteiger partial charge in [0.1, 0.15) is 0 Å². The van der Waals surface area contributed by atoms with Crippen molar-refractivity contribution >= 4 is 10.0 Å². The third kappa shape index (κ3) is 3.67. The van der Waals surface area contributed by atoms with Gasteiger partial charge in [-0.15, -0.1) is 0 Å². The van der Waals surface area contributed by atoms with Crippen LogP contribution in [0.1, 0.15) is 18.9 Å². The molecule has 1 heterocycles.